The first kappa shape index (κ1) is 17.2. The quantitative estimate of drug-likeness (QED) is 0.730. The standard InChI is InChI=1S/C17H29NO2/c1-16(2,13-20-14-17(3,4)12-19)11-18-10-15-8-6-5-7-9-15/h5-9,18-19H,10-14H2,1-4H3. The number of aliphatic hydroxyl groups is 1. The number of aliphatic hydroxyl groups excluding tert-OH is 1. The molecule has 3 nitrogen and oxygen atoms in total. The van der Waals surface area contributed by atoms with Gasteiger partial charge >= 0.3 is 0 Å². The normalized spacial score (nSPS) is 12.7. The van der Waals surface area contributed by atoms with Gasteiger partial charge in [-0.25, -0.2) is 0 Å². The highest BCUT2D eigenvalue weighted by atomic mass is 16.5. The largest absolute Gasteiger partial charge is 0.396 e. The maximum Gasteiger partial charge on any atom is 0.0539 e. The van der Waals surface area contributed by atoms with E-state index in [0.29, 0.717) is 13.2 Å². The zero-order valence-corrected chi connectivity index (χ0v) is 13.3. The first-order valence-electron chi connectivity index (χ1n) is 7.28. The van der Waals surface area contributed by atoms with Crippen LogP contribution in [0.4, 0.5) is 0 Å². The van der Waals surface area contributed by atoms with Gasteiger partial charge in [-0.15, -0.1) is 0 Å². The predicted molar refractivity (Wildman–Crippen MR) is 83.6 cm³/mol. The molecule has 0 unspecified atom stereocenters. The fourth-order valence-electron chi connectivity index (χ4n) is 1.84. The molecule has 114 valence electrons. The van der Waals surface area contributed by atoms with E-state index in [9.17, 15) is 5.11 Å². The second kappa shape index (κ2) is 7.77. The second-order valence-corrected chi connectivity index (χ2v) is 7.07. The van der Waals surface area contributed by atoms with Crippen LogP contribution in [0.1, 0.15) is 33.3 Å². The Morgan fingerprint density at radius 1 is 1.00 bits per heavy atom. The summed E-state index contributed by atoms with van der Waals surface area (Å²) in [6, 6.07) is 10.4. The molecule has 0 amide bonds. The van der Waals surface area contributed by atoms with Gasteiger partial charge in [-0.1, -0.05) is 58.0 Å². The van der Waals surface area contributed by atoms with Crippen LogP contribution in [0.25, 0.3) is 0 Å². The third-order valence-electron chi connectivity index (χ3n) is 3.19. The Hall–Kier alpha value is -0.900. The SMILES string of the molecule is CC(C)(CO)COCC(C)(C)CNCc1ccccc1. The van der Waals surface area contributed by atoms with Crippen LogP contribution in [0.15, 0.2) is 30.3 Å². The van der Waals surface area contributed by atoms with Crippen molar-refractivity contribution in [2.75, 3.05) is 26.4 Å². The predicted octanol–water partition coefficient (Wildman–Crippen LogP) is 2.84. The molecule has 0 aliphatic carbocycles. The minimum Gasteiger partial charge on any atom is -0.396 e. The minimum absolute atomic E-state index is 0.0836. The molecular formula is C17H29NO2. The average molecular weight is 279 g/mol. The molecule has 0 spiro atoms. The first-order valence-corrected chi connectivity index (χ1v) is 7.28. The van der Waals surface area contributed by atoms with Gasteiger partial charge in [0.2, 0.25) is 0 Å². The van der Waals surface area contributed by atoms with Crippen LogP contribution >= 0.6 is 0 Å². The van der Waals surface area contributed by atoms with E-state index < -0.39 is 0 Å². The van der Waals surface area contributed by atoms with Crippen LogP contribution < -0.4 is 5.32 Å². The number of rotatable bonds is 9. The summed E-state index contributed by atoms with van der Waals surface area (Å²) in [6.45, 7) is 11.6. The lowest BCUT2D eigenvalue weighted by atomic mass is 9.93. The van der Waals surface area contributed by atoms with E-state index in [2.05, 4.69) is 43.4 Å². The number of benzene rings is 1. The van der Waals surface area contributed by atoms with Crippen molar-refractivity contribution in [3.63, 3.8) is 0 Å². The number of nitrogens with one attached hydrogen (secondary N) is 1. The molecule has 0 aliphatic heterocycles. The maximum absolute atomic E-state index is 9.20. The monoisotopic (exact) mass is 279 g/mol. The highest BCUT2D eigenvalue weighted by molar-refractivity contribution is 5.14. The summed E-state index contributed by atoms with van der Waals surface area (Å²) < 4.78 is 5.76. The number of hydrogen-bond acceptors (Lipinski definition) is 3. The molecule has 0 bridgehead atoms. The summed E-state index contributed by atoms with van der Waals surface area (Å²) in [4.78, 5) is 0. The smallest absolute Gasteiger partial charge is 0.0539 e. The fraction of sp³-hybridized carbons (Fsp3) is 0.647. The van der Waals surface area contributed by atoms with E-state index in [1.54, 1.807) is 0 Å². The van der Waals surface area contributed by atoms with Gasteiger partial charge in [0.05, 0.1) is 19.8 Å². The fourth-order valence-corrected chi connectivity index (χ4v) is 1.84. The van der Waals surface area contributed by atoms with Crippen LogP contribution in [0, 0.1) is 10.8 Å². The Kier molecular flexibility index (Phi) is 6.66. The van der Waals surface area contributed by atoms with Crippen molar-refractivity contribution in [2.24, 2.45) is 10.8 Å². The highest BCUT2D eigenvalue weighted by Crippen LogP contribution is 2.18. The molecule has 0 fully saturated rings. The van der Waals surface area contributed by atoms with E-state index in [-0.39, 0.29) is 17.4 Å². The van der Waals surface area contributed by atoms with Crippen molar-refractivity contribution in [2.45, 2.75) is 34.2 Å². The molecule has 1 rings (SSSR count). The van der Waals surface area contributed by atoms with Gasteiger partial charge in [0, 0.05) is 23.9 Å². The van der Waals surface area contributed by atoms with Crippen LogP contribution in [-0.2, 0) is 11.3 Å². The third kappa shape index (κ3) is 7.04. The Labute approximate surface area is 123 Å². The van der Waals surface area contributed by atoms with Crippen LogP contribution in [0.3, 0.4) is 0 Å². The van der Waals surface area contributed by atoms with Crippen molar-refractivity contribution in [1.82, 2.24) is 5.32 Å². The summed E-state index contributed by atoms with van der Waals surface area (Å²) in [5.74, 6) is 0. The molecule has 0 saturated heterocycles. The summed E-state index contributed by atoms with van der Waals surface area (Å²) in [6.07, 6.45) is 0. The lowest BCUT2D eigenvalue weighted by Crippen LogP contribution is -2.34. The minimum atomic E-state index is -0.159. The van der Waals surface area contributed by atoms with Crippen LogP contribution in [0.2, 0.25) is 0 Å². The molecule has 1 aromatic carbocycles. The van der Waals surface area contributed by atoms with E-state index in [0.717, 1.165) is 13.1 Å². The molecule has 0 saturated carbocycles. The van der Waals surface area contributed by atoms with Gasteiger partial charge in [0.1, 0.15) is 0 Å². The van der Waals surface area contributed by atoms with Crippen molar-refractivity contribution in [3.05, 3.63) is 35.9 Å². The van der Waals surface area contributed by atoms with E-state index in [1.807, 2.05) is 19.9 Å². The van der Waals surface area contributed by atoms with Gasteiger partial charge in [-0.2, -0.15) is 0 Å². The first-order chi connectivity index (χ1) is 9.35. The summed E-state index contributed by atoms with van der Waals surface area (Å²) >= 11 is 0. The molecule has 2 N–H and O–H groups in total. The zero-order chi connectivity index (χ0) is 15.1. The summed E-state index contributed by atoms with van der Waals surface area (Å²) in [7, 11) is 0. The third-order valence-corrected chi connectivity index (χ3v) is 3.19. The van der Waals surface area contributed by atoms with E-state index in [4.69, 9.17) is 4.74 Å². The molecule has 0 radical (unpaired) electrons. The maximum atomic E-state index is 9.20. The van der Waals surface area contributed by atoms with Crippen LogP contribution in [-0.4, -0.2) is 31.5 Å². The molecule has 20 heavy (non-hydrogen) atoms. The van der Waals surface area contributed by atoms with Gasteiger partial charge in [-0.3, -0.25) is 0 Å². The zero-order valence-electron chi connectivity index (χ0n) is 13.3. The molecule has 1 aromatic rings. The summed E-state index contributed by atoms with van der Waals surface area (Å²) in [5.41, 5.74) is 1.22. The molecule has 0 heterocycles. The molecule has 0 aromatic heterocycles. The highest BCUT2D eigenvalue weighted by Gasteiger charge is 2.21. The average Bonchev–Trinajstić information content (AvgIpc) is 2.39. The van der Waals surface area contributed by atoms with Crippen molar-refractivity contribution in [3.8, 4) is 0 Å². The van der Waals surface area contributed by atoms with Crippen molar-refractivity contribution >= 4 is 0 Å². The van der Waals surface area contributed by atoms with Crippen molar-refractivity contribution in [1.29, 1.82) is 0 Å². The molecule has 3 heteroatoms. The second-order valence-electron chi connectivity index (χ2n) is 7.07. The topological polar surface area (TPSA) is 41.5 Å². The van der Waals surface area contributed by atoms with E-state index in [1.165, 1.54) is 5.56 Å². The lowest BCUT2D eigenvalue weighted by molar-refractivity contribution is -0.00535. The molecule has 0 aliphatic rings. The van der Waals surface area contributed by atoms with Crippen molar-refractivity contribution < 1.29 is 9.84 Å². The molecule has 0 atom stereocenters. The lowest BCUT2D eigenvalue weighted by Gasteiger charge is -2.28. The van der Waals surface area contributed by atoms with Gasteiger partial charge in [0.25, 0.3) is 0 Å². The summed E-state index contributed by atoms with van der Waals surface area (Å²) in [5, 5.41) is 12.7. The van der Waals surface area contributed by atoms with Gasteiger partial charge < -0.3 is 15.2 Å². The number of hydrogen-bond donors (Lipinski definition) is 2. The van der Waals surface area contributed by atoms with Gasteiger partial charge in [0.15, 0.2) is 0 Å². The Bertz CT molecular complexity index is 374. The Balaban J connectivity index is 2.24. The molecular weight excluding hydrogens is 250 g/mol. The Morgan fingerprint density at radius 2 is 1.60 bits per heavy atom. The van der Waals surface area contributed by atoms with E-state index >= 15 is 0 Å². The van der Waals surface area contributed by atoms with Gasteiger partial charge in [-0.05, 0) is 5.56 Å². The Morgan fingerprint density at radius 3 is 2.20 bits per heavy atom. The number of ether oxygens (including phenoxy) is 1. The van der Waals surface area contributed by atoms with Crippen LogP contribution in [0.5, 0.6) is 0 Å².